The van der Waals surface area contributed by atoms with Gasteiger partial charge in [0.2, 0.25) is 0 Å². The largest absolute Gasteiger partial charge is 0.363 e. The number of likely N-dealkylation sites (tertiary alicyclic amines) is 1. The minimum atomic E-state index is 0.524. The summed E-state index contributed by atoms with van der Waals surface area (Å²) in [6, 6.07) is 8.72. The molecule has 0 spiro atoms. The number of hydrogen-bond donors (Lipinski definition) is 3. The van der Waals surface area contributed by atoms with E-state index in [9.17, 15) is 0 Å². The molecule has 5 heteroatoms. The Morgan fingerprint density at radius 3 is 2.55 bits per heavy atom. The van der Waals surface area contributed by atoms with E-state index in [-0.39, 0.29) is 0 Å². The average molecular weight is 313 g/mol. The van der Waals surface area contributed by atoms with Crippen molar-refractivity contribution in [3.8, 4) is 0 Å². The molecule has 1 aliphatic heterocycles. The van der Waals surface area contributed by atoms with Gasteiger partial charge in [0.15, 0.2) is 5.11 Å². The average Bonchev–Trinajstić information content (AvgIpc) is 2.44. The minimum absolute atomic E-state index is 0.524. The summed E-state index contributed by atoms with van der Waals surface area (Å²) in [5, 5.41) is 8.15. The Hall–Kier alpha value is -0.840. The Labute approximate surface area is 131 Å². The highest BCUT2D eigenvalue weighted by molar-refractivity contribution is 7.80. The van der Waals surface area contributed by atoms with Crippen molar-refractivity contribution in [1.29, 1.82) is 0 Å². The van der Waals surface area contributed by atoms with Crippen molar-refractivity contribution in [2.45, 2.75) is 32.4 Å². The van der Waals surface area contributed by atoms with Gasteiger partial charge in [-0.3, -0.25) is 0 Å². The molecule has 1 fully saturated rings. The summed E-state index contributed by atoms with van der Waals surface area (Å²) in [4.78, 5) is 1.64. The van der Waals surface area contributed by atoms with Gasteiger partial charge in [0, 0.05) is 36.0 Å². The van der Waals surface area contributed by atoms with Crippen LogP contribution in [-0.4, -0.2) is 30.8 Å². The first-order valence-corrected chi connectivity index (χ1v) is 8.08. The maximum Gasteiger partial charge on any atom is 0.166 e. The smallest absolute Gasteiger partial charge is 0.166 e. The molecule has 0 saturated carbocycles. The van der Waals surface area contributed by atoms with Crippen molar-refractivity contribution in [3.05, 3.63) is 34.9 Å². The molecule has 0 unspecified atom stereocenters. The van der Waals surface area contributed by atoms with Crippen molar-refractivity contribution < 1.29 is 4.90 Å². The first-order valence-electron chi connectivity index (χ1n) is 7.29. The summed E-state index contributed by atoms with van der Waals surface area (Å²) in [6.45, 7) is 6.41. The molecule has 3 nitrogen and oxygen atoms in total. The lowest BCUT2D eigenvalue weighted by molar-refractivity contribution is -0.918. The van der Waals surface area contributed by atoms with Gasteiger partial charge in [0.1, 0.15) is 6.54 Å². The van der Waals surface area contributed by atoms with Crippen molar-refractivity contribution in [3.63, 3.8) is 0 Å². The van der Waals surface area contributed by atoms with Crippen LogP contribution in [0.3, 0.4) is 0 Å². The third-order valence-electron chi connectivity index (χ3n) is 3.73. The second-order valence-corrected chi connectivity index (χ2v) is 6.18. The molecule has 110 valence electrons. The first kappa shape index (κ1) is 15.5. The van der Waals surface area contributed by atoms with Crippen LogP contribution in [0.1, 0.15) is 25.3 Å². The van der Waals surface area contributed by atoms with Crippen LogP contribution in [0.5, 0.6) is 0 Å². The van der Waals surface area contributed by atoms with Crippen molar-refractivity contribution >= 4 is 28.9 Å². The zero-order valence-electron chi connectivity index (χ0n) is 11.9. The van der Waals surface area contributed by atoms with Crippen LogP contribution < -0.4 is 15.5 Å². The van der Waals surface area contributed by atoms with E-state index >= 15 is 0 Å². The molecule has 2 rings (SSSR count). The predicted molar refractivity (Wildman–Crippen MR) is 88.3 cm³/mol. The summed E-state index contributed by atoms with van der Waals surface area (Å²) in [7, 11) is 0. The highest BCUT2D eigenvalue weighted by atomic mass is 35.5. The fourth-order valence-electron chi connectivity index (χ4n) is 2.64. The maximum absolute atomic E-state index is 5.91. The molecule has 1 aromatic rings. The number of nitrogens with one attached hydrogen (secondary N) is 3. The normalized spacial score (nSPS) is 22.3. The molecule has 3 N–H and O–H groups in total. The summed E-state index contributed by atoms with van der Waals surface area (Å²) in [5.41, 5.74) is 1.36. The van der Waals surface area contributed by atoms with Crippen LogP contribution in [0, 0.1) is 0 Å². The standard InChI is InChI=1S/C15H22ClN3S/c1-2-17-15(20)18-14-7-9-19(10-8-14)11-12-3-5-13(16)6-4-12/h3-6,14H,2,7-11H2,1H3,(H2,17,18,20)/p+1. The van der Waals surface area contributed by atoms with Gasteiger partial charge in [-0.1, -0.05) is 23.7 Å². The second kappa shape index (κ2) is 7.81. The molecule has 0 radical (unpaired) electrons. The lowest BCUT2D eigenvalue weighted by Gasteiger charge is -2.30. The Morgan fingerprint density at radius 2 is 1.95 bits per heavy atom. The van der Waals surface area contributed by atoms with E-state index in [1.165, 1.54) is 31.5 Å². The number of thiocarbonyl (C=S) groups is 1. The Balaban J connectivity index is 1.74. The molecular weight excluding hydrogens is 290 g/mol. The van der Waals surface area contributed by atoms with Crippen LogP contribution in [0.15, 0.2) is 24.3 Å². The van der Waals surface area contributed by atoms with Crippen molar-refractivity contribution in [2.75, 3.05) is 19.6 Å². The molecule has 0 aromatic heterocycles. The number of halogens is 1. The monoisotopic (exact) mass is 312 g/mol. The summed E-state index contributed by atoms with van der Waals surface area (Å²) < 4.78 is 0. The van der Waals surface area contributed by atoms with E-state index < -0.39 is 0 Å². The maximum atomic E-state index is 5.91. The molecule has 0 amide bonds. The summed E-state index contributed by atoms with van der Waals surface area (Å²) >= 11 is 11.2. The van der Waals surface area contributed by atoms with E-state index in [2.05, 4.69) is 29.7 Å². The fraction of sp³-hybridized carbons (Fsp3) is 0.533. The van der Waals surface area contributed by atoms with Gasteiger partial charge in [-0.25, -0.2) is 0 Å². The van der Waals surface area contributed by atoms with Gasteiger partial charge >= 0.3 is 0 Å². The predicted octanol–water partition coefficient (Wildman–Crippen LogP) is 1.37. The van der Waals surface area contributed by atoms with Gasteiger partial charge in [0.05, 0.1) is 13.1 Å². The van der Waals surface area contributed by atoms with Crippen LogP contribution in [-0.2, 0) is 6.54 Å². The second-order valence-electron chi connectivity index (χ2n) is 5.33. The van der Waals surface area contributed by atoms with Crippen LogP contribution in [0.4, 0.5) is 0 Å². The molecule has 0 aliphatic carbocycles. The Bertz CT molecular complexity index is 427. The SMILES string of the molecule is CCNC(=S)NC1CC[NH+](Cc2ccc(Cl)cc2)CC1. The number of piperidine rings is 1. The molecule has 1 heterocycles. The highest BCUT2D eigenvalue weighted by Crippen LogP contribution is 2.09. The topological polar surface area (TPSA) is 28.5 Å². The van der Waals surface area contributed by atoms with Crippen LogP contribution >= 0.6 is 23.8 Å². The van der Waals surface area contributed by atoms with Crippen LogP contribution in [0.25, 0.3) is 0 Å². The molecule has 0 atom stereocenters. The van der Waals surface area contributed by atoms with E-state index in [1.807, 2.05) is 12.1 Å². The third-order valence-corrected chi connectivity index (χ3v) is 4.25. The summed E-state index contributed by atoms with van der Waals surface area (Å²) in [6.07, 6.45) is 2.35. The molecule has 1 saturated heterocycles. The Kier molecular flexibility index (Phi) is 6.07. The molecule has 20 heavy (non-hydrogen) atoms. The number of hydrogen-bond acceptors (Lipinski definition) is 1. The van der Waals surface area contributed by atoms with E-state index in [0.29, 0.717) is 6.04 Å². The minimum Gasteiger partial charge on any atom is -0.363 e. The van der Waals surface area contributed by atoms with E-state index in [1.54, 1.807) is 4.90 Å². The molecule has 1 aromatic carbocycles. The summed E-state index contributed by atoms with van der Waals surface area (Å²) in [5.74, 6) is 0. The van der Waals surface area contributed by atoms with Crippen molar-refractivity contribution in [1.82, 2.24) is 10.6 Å². The highest BCUT2D eigenvalue weighted by Gasteiger charge is 2.22. The number of rotatable bonds is 4. The van der Waals surface area contributed by atoms with Gasteiger partial charge in [-0.05, 0) is 31.3 Å². The lowest BCUT2D eigenvalue weighted by Crippen LogP contribution is -3.12. The van der Waals surface area contributed by atoms with Crippen molar-refractivity contribution in [2.24, 2.45) is 0 Å². The quantitative estimate of drug-likeness (QED) is 0.734. The zero-order valence-corrected chi connectivity index (χ0v) is 13.5. The Morgan fingerprint density at radius 1 is 1.30 bits per heavy atom. The first-order chi connectivity index (χ1) is 9.67. The van der Waals surface area contributed by atoms with Crippen LogP contribution in [0.2, 0.25) is 5.02 Å². The van der Waals surface area contributed by atoms with Gasteiger partial charge < -0.3 is 15.5 Å². The zero-order chi connectivity index (χ0) is 14.4. The molecule has 1 aliphatic rings. The fourth-order valence-corrected chi connectivity index (χ4v) is 3.07. The molecule has 0 bridgehead atoms. The van der Waals surface area contributed by atoms with E-state index in [4.69, 9.17) is 23.8 Å². The lowest BCUT2D eigenvalue weighted by atomic mass is 10.0. The van der Waals surface area contributed by atoms with Gasteiger partial charge in [-0.2, -0.15) is 0 Å². The van der Waals surface area contributed by atoms with Gasteiger partial charge in [0.25, 0.3) is 0 Å². The third kappa shape index (κ3) is 4.93. The van der Waals surface area contributed by atoms with Gasteiger partial charge in [-0.15, -0.1) is 0 Å². The number of quaternary nitrogens is 1. The van der Waals surface area contributed by atoms with E-state index in [0.717, 1.165) is 23.2 Å². The molecular formula is C15H23ClN3S+. The number of benzene rings is 1.